The number of anilines is 2. The van der Waals surface area contributed by atoms with E-state index in [1.165, 1.54) is 25.3 Å². The zero-order chi connectivity index (χ0) is 18.0. The van der Waals surface area contributed by atoms with E-state index in [4.69, 9.17) is 4.74 Å². The van der Waals surface area contributed by atoms with E-state index >= 15 is 0 Å². The molecule has 1 atom stereocenters. The fourth-order valence-electron chi connectivity index (χ4n) is 3.20. The summed E-state index contributed by atoms with van der Waals surface area (Å²) >= 11 is 0. The van der Waals surface area contributed by atoms with E-state index in [0.29, 0.717) is 24.8 Å². The largest absolute Gasteiger partial charge is 0.444 e. The zero-order valence-electron chi connectivity index (χ0n) is 15.3. The molecule has 1 unspecified atom stereocenters. The van der Waals surface area contributed by atoms with Gasteiger partial charge >= 0.3 is 6.09 Å². The third-order valence-corrected chi connectivity index (χ3v) is 4.67. The lowest BCUT2D eigenvalue weighted by molar-refractivity contribution is 0.0509. The van der Waals surface area contributed by atoms with Crippen LogP contribution in [0.15, 0.2) is 18.2 Å². The highest BCUT2D eigenvalue weighted by Gasteiger charge is 2.28. The van der Waals surface area contributed by atoms with Gasteiger partial charge in [-0.1, -0.05) is 0 Å². The number of carbonyl (C=O) groups is 1. The molecule has 1 saturated carbocycles. The van der Waals surface area contributed by atoms with E-state index in [1.54, 1.807) is 6.07 Å². The second kappa shape index (κ2) is 7.10. The lowest BCUT2D eigenvalue weighted by Crippen LogP contribution is -2.40. The Morgan fingerprint density at radius 2 is 2.00 bits per heavy atom. The molecular formula is C19H28FN3O2. The number of carbonyl (C=O) groups excluding carboxylic acids is 1. The quantitative estimate of drug-likeness (QED) is 0.866. The predicted octanol–water partition coefficient (Wildman–Crippen LogP) is 3.89. The Bertz CT molecular complexity index is 626. The van der Waals surface area contributed by atoms with Gasteiger partial charge in [-0.3, -0.25) is 0 Å². The highest BCUT2D eigenvalue weighted by Crippen LogP contribution is 2.29. The molecule has 1 aromatic rings. The normalized spacial score (nSPS) is 21.0. The summed E-state index contributed by atoms with van der Waals surface area (Å²) in [4.78, 5) is 13.9. The van der Waals surface area contributed by atoms with Crippen LogP contribution in [0.25, 0.3) is 0 Å². The van der Waals surface area contributed by atoms with Crippen molar-refractivity contribution in [3.05, 3.63) is 24.0 Å². The van der Waals surface area contributed by atoms with E-state index in [2.05, 4.69) is 10.6 Å². The van der Waals surface area contributed by atoms with Gasteiger partial charge in [-0.25, -0.2) is 9.18 Å². The van der Waals surface area contributed by atoms with Gasteiger partial charge in [0.1, 0.15) is 11.4 Å². The number of halogens is 1. The number of nitrogens with one attached hydrogen (secondary N) is 2. The van der Waals surface area contributed by atoms with Crippen LogP contribution in [0.3, 0.4) is 0 Å². The van der Waals surface area contributed by atoms with E-state index in [1.807, 2.05) is 31.7 Å². The molecule has 1 aromatic carbocycles. The minimum absolute atomic E-state index is 0.0301. The van der Waals surface area contributed by atoms with Crippen molar-refractivity contribution in [2.24, 2.45) is 0 Å². The zero-order valence-corrected chi connectivity index (χ0v) is 15.3. The standard InChI is InChI=1S/C19H28FN3O2/c1-19(2,3)25-18(24)22-15-9-10-23(12-15)17-11-14(7-8-16(17)20)21-13-5-4-6-13/h7-8,11,13,15,21H,4-6,9-10,12H2,1-3H3,(H,22,24). The van der Waals surface area contributed by atoms with Gasteiger partial charge in [0.15, 0.2) is 0 Å². The molecule has 25 heavy (non-hydrogen) atoms. The summed E-state index contributed by atoms with van der Waals surface area (Å²) in [6.45, 7) is 6.81. The van der Waals surface area contributed by atoms with Gasteiger partial charge < -0.3 is 20.3 Å². The molecule has 2 fully saturated rings. The molecule has 1 aliphatic carbocycles. The average Bonchev–Trinajstić information content (AvgIpc) is 2.90. The first kappa shape index (κ1) is 17.8. The third-order valence-electron chi connectivity index (χ3n) is 4.67. The fraction of sp³-hybridized carbons (Fsp3) is 0.632. The summed E-state index contributed by atoms with van der Waals surface area (Å²) in [6, 6.07) is 5.67. The minimum Gasteiger partial charge on any atom is -0.444 e. The molecule has 5 nitrogen and oxygen atoms in total. The van der Waals surface area contributed by atoms with Crippen molar-refractivity contribution < 1.29 is 13.9 Å². The second-order valence-corrected chi connectivity index (χ2v) is 8.02. The Morgan fingerprint density at radius 3 is 2.64 bits per heavy atom. The van der Waals surface area contributed by atoms with Crippen LogP contribution < -0.4 is 15.5 Å². The highest BCUT2D eigenvalue weighted by molar-refractivity contribution is 5.68. The van der Waals surface area contributed by atoms with E-state index in [-0.39, 0.29) is 11.9 Å². The topological polar surface area (TPSA) is 53.6 Å². The lowest BCUT2D eigenvalue weighted by Gasteiger charge is -2.28. The van der Waals surface area contributed by atoms with Crippen molar-refractivity contribution in [2.45, 2.75) is 64.1 Å². The number of ether oxygens (including phenoxy) is 1. The van der Waals surface area contributed by atoms with Crippen molar-refractivity contribution >= 4 is 17.5 Å². The van der Waals surface area contributed by atoms with Gasteiger partial charge in [0, 0.05) is 24.8 Å². The van der Waals surface area contributed by atoms with E-state index < -0.39 is 11.7 Å². The first-order valence-electron chi connectivity index (χ1n) is 9.11. The summed E-state index contributed by atoms with van der Waals surface area (Å²) in [5.74, 6) is -0.225. The molecule has 138 valence electrons. The molecular weight excluding hydrogens is 321 g/mol. The summed E-state index contributed by atoms with van der Waals surface area (Å²) in [6.07, 6.45) is 3.98. The van der Waals surface area contributed by atoms with Crippen LogP contribution in [0.2, 0.25) is 0 Å². The third kappa shape index (κ3) is 4.77. The molecule has 6 heteroatoms. The maximum absolute atomic E-state index is 14.3. The molecule has 0 spiro atoms. The van der Waals surface area contributed by atoms with Crippen molar-refractivity contribution in [3.63, 3.8) is 0 Å². The van der Waals surface area contributed by atoms with Gasteiger partial charge in [0.05, 0.1) is 11.7 Å². The van der Waals surface area contributed by atoms with Gasteiger partial charge in [0.2, 0.25) is 0 Å². The van der Waals surface area contributed by atoms with Crippen LogP contribution >= 0.6 is 0 Å². The van der Waals surface area contributed by atoms with Crippen LogP contribution in [0.1, 0.15) is 46.5 Å². The smallest absolute Gasteiger partial charge is 0.407 e. The molecule has 0 aromatic heterocycles. The van der Waals surface area contributed by atoms with E-state index in [9.17, 15) is 9.18 Å². The fourth-order valence-corrected chi connectivity index (χ4v) is 3.20. The Morgan fingerprint density at radius 1 is 1.24 bits per heavy atom. The molecule has 2 aliphatic rings. The first-order valence-corrected chi connectivity index (χ1v) is 9.11. The van der Waals surface area contributed by atoms with Gasteiger partial charge in [-0.05, 0) is 64.7 Å². The first-order chi connectivity index (χ1) is 11.8. The summed E-state index contributed by atoms with van der Waals surface area (Å²) in [7, 11) is 0. The Balaban J connectivity index is 1.59. The Labute approximate surface area is 148 Å². The van der Waals surface area contributed by atoms with Crippen molar-refractivity contribution in [2.75, 3.05) is 23.3 Å². The number of benzene rings is 1. The molecule has 1 aliphatic heterocycles. The minimum atomic E-state index is -0.518. The van der Waals surface area contributed by atoms with Crippen molar-refractivity contribution in [1.82, 2.24) is 5.32 Å². The van der Waals surface area contributed by atoms with Crippen molar-refractivity contribution in [3.8, 4) is 0 Å². The molecule has 1 amide bonds. The van der Waals surface area contributed by atoms with Crippen LogP contribution in [0.4, 0.5) is 20.6 Å². The second-order valence-electron chi connectivity index (χ2n) is 8.02. The van der Waals surface area contributed by atoms with Crippen LogP contribution in [-0.2, 0) is 4.74 Å². The van der Waals surface area contributed by atoms with Crippen molar-refractivity contribution in [1.29, 1.82) is 0 Å². The number of alkyl carbamates (subject to hydrolysis) is 1. The monoisotopic (exact) mass is 349 g/mol. The summed E-state index contributed by atoms with van der Waals surface area (Å²) in [5, 5.41) is 6.33. The molecule has 3 rings (SSSR count). The Kier molecular flexibility index (Phi) is 5.06. The van der Waals surface area contributed by atoms with Gasteiger partial charge in [-0.2, -0.15) is 0 Å². The summed E-state index contributed by atoms with van der Waals surface area (Å²) in [5.41, 5.74) is 1.04. The number of nitrogens with zero attached hydrogens (tertiary/aromatic N) is 1. The molecule has 1 saturated heterocycles. The molecule has 0 bridgehead atoms. The Hall–Kier alpha value is -1.98. The molecule has 0 radical (unpaired) electrons. The maximum atomic E-state index is 14.3. The van der Waals surface area contributed by atoms with Crippen LogP contribution in [0.5, 0.6) is 0 Å². The average molecular weight is 349 g/mol. The SMILES string of the molecule is CC(C)(C)OC(=O)NC1CCN(c2cc(NC3CCC3)ccc2F)C1. The predicted molar refractivity (Wildman–Crippen MR) is 97.6 cm³/mol. The van der Waals surface area contributed by atoms with Crippen LogP contribution in [-0.4, -0.2) is 36.9 Å². The number of amides is 1. The summed E-state index contributed by atoms with van der Waals surface area (Å²) < 4.78 is 19.6. The number of hydrogen-bond donors (Lipinski definition) is 2. The van der Waals surface area contributed by atoms with Gasteiger partial charge in [0.25, 0.3) is 0 Å². The molecule has 2 N–H and O–H groups in total. The number of hydrogen-bond acceptors (Lipinski definition) is 4. The highest BCUT2D eigenvalue weighted by atomic mass is 19.1. The maximum Gasteiger partial charge on any atom is 0.407 e. The van der Waals surface area contributed by atoms with Gasteiger partial charge in [-0.15, -0.1) is 0 Å². The number of rotatable bonds is 4. The van der Waals surface area contributed by atoms with Crippen LogP contribution in [0, 0.1) is 5.82 Å². The van der Waals surface area contributed by atoms with E-state index in [0.717, 1.165) is 12.1 Å². The molecule has 1 heterocycles. The lowest BCUT2D eigenvalue weighted by atomic mass is 9.93.